The van der Waals surface area contributed by atoms with Crippen LogP contribution in [0.25, 0.3) is 0 Å². The first-order chi connectivity index (χ1) is 13.7. The quantitative estimate of drug-likeness (QED) is 0.364. The van der Waals surface area contributed by atoms with E-state index in [1.54, 1.807) is 0 Å². The van der Waals surface area contributed by atoms with Gasteiger partial charge in [-0.25, -0.2) is 0 Å². The zero-order valence-electron chi connectivity index (χ0n) is 15.8. The minimum Gasteiger partial charge on any atom is -0.368 e. The lowest BCUT2D eigenvalue weighted by Crippen LogP contribution is -2.38. The van der Waals surface area contributed by atoms with Gasteiger partial charge >= 0.3 is 0 Å². The van der Waals surface area contributed by atoms with Crippen LogP contribution in [0.1, 0.15) is 22.3 Å². The molecule has 0 saturated heterocycles. The average molecular weight is 384 g/mol. The maximum absolute atomic E-state index is 6.34. The van der Waals surface area contributed by atoms with Crippen molar-refractivity contribution in [1.29, 1.82) is 0 Å². The van der Waals surface area contributed by atoms with Crippen LogP contribution in [0.2, 0.25) is 5.02 Å². The summed E-state index contributed by atoms with van der Waals surface area (Å²) in [5.41, 5.74) is 5.14. The van der Waals surface area contributed by atoms with Gasteiger partial charge in [0.25, 0.3) is 0 Å². The minimum absolute atomic E-state index is 0.542. The van der Waals surface area contributed by atoms with Crippen molar-refractivity contribution >= 4 is 17.3 Å². The predicted octanol–water partition coefficient (Wildman–Crippen LogP) is 7.05. The van der Waals surface area contributed by atoms with Crippen molar-refractivity contribution in [2.75, 3.05) is 5.32 Å². The van der Waals surface area contributed by atoms with Crippen molar-refractivity contribution < 1.29 is 0 Å². The summed E-state index contributed by atoms with van der Waals surface area (Å²) >= 11 is 6.34. The van der Waals surface area contributed by atoms with Gasteiger partial charge in [0.15, 0.2) is 0 Å². The summed E-state index contributed by atoms with van der Waals surface area (Å²) < 4.78 is 0. The maximum atomic E-state index is 6.34. The molecule has 0 unspecified atom stereocenters. The highest BCUT2D eigenvalue weighted by Crippen LogP contribution is 2.40. The molecule has 28 heavy (non-hydrogen) atoms. The normalized spacial score (nSPS) is 11.2. The molecule has 0 bridgehead atoms. The van der Waals surface area contributed by atoms with E-state index in [0.29, 0.717) is 0 Å². The van der Waals surface area contributed by atoms with Gasteiger partial charge in [0.05, 0.1) is 0 Å². The average Bonchev–Trinajstić information content (AvgIpc) is 2.76. The number of rotatable bonds is 5. The first-order valence-corrected chi connectivity index (χ1v) is 9.79. The molecule has 0 aliphatic rings. The van der Waals surface area contributed by atoms with E-state index in [0.717, 1.165) is 16.3 Å². The lowest BCUT2D eigenvalue weighted by atomic mass is 9.76. The molecule has 0 spiro atoms. The zero-order valence-corrected chi connectivity index (χ0v) is 16.5. The van der Waals surface area contributed by atoms with Crippen molar-refractivity contribution in [1.82, 2.24) is 0 Å². The molecule has 4 aromatic carbocycles. The van der Waals surface area contributed by atoms with Gasteiger partial charge in [-0.05, 0) is 41.3 Å². The summed E-state index contributed by atoms with van der Waals surface area (Å²) in [6.45, 7) is 2.10. The molecule has 0 saturated carbocycles. The van der Waals surface area contributed by atoms with Crippen molar-refractivity contribution in [3.63, 3.8) is 0 Å². The Morgan fingerprint density at radius 3 is 1.46 bits per heavy atom. The molecule has 0 radical (unpaired) electrons. The third-order valence-corrected chi connectivity index (χ3v) is 5.38. The van der Waals surface area contributed by atoms with Crippen molar-refractivity contribution in [3.8, 4) is 0 Å². The van der Waals surface area contributed by atoms with Crippen LogP contribution in [0.4, 0.5) is 5.69 Å². The summed E-state index contributed by atoms with van der Waals surface area (Å²) in [5, 5.41) is 4.58. The van der Waals surface area contributed by atoms with Crippen LogP contribution in [0, 0.1) is 6.92 Å². The fraction of sp³-hybridized carbons (Fsp3) is 0.0769. The molecule has 4 rings (SSSR count). The molecule has 0 aliphatic heterocycles. The first-order valence-electron chi connectivity index (χ1n) is 9.41. The van der Waals surface area contributed by atoms with Gasteiger partial charge < -0.3 is 5.32 Å². The van der Waals surface area contributed by atoms with Crippen LogP contribution >= 0.6 is 11.6 Å². The number of aryl methyl sites for hydroxylation is 1. The largest absolute Gasteiger partial charge is 0.368 e. The molecular formula is C26H22ClN. The maximum Gasteiger partial charge on any atom is 0.114 e. The zero-order chi connectivity index (χ0) is 19.4. The molecule has 2 heteroatoms. The minimum atomic E-state index is -0.542. The molecule has 0 amide bonds. The molecule has 1 nitrogen and oxygen atoms in total. The molecular weight excluding hydrogens is 362 g/mol. The molecule has 0 heterocycles. The number of anilines is 1. The molecule has 0 fully saturated rings. The Labute approximate surface area is 171 Å². The van der Waals surface area contributed by atoms with Gasteiger partial charge in [0.1, 0.15) is 5.54 Å². The second kappa shape index (κ2) is 7.92. The molecule has 0 aromatic heterocycles. The number of hydrogen-bond donors (Lipinski definition) is 1. The second-order valence-electron chi connectivity index (χ2n) is 6.93. The molecule has 4 aromatic rings. The Morgan fingerprint density at radius 2 is 1.04 bits per heavy atom. The molecule has 0 atom stereocenters. The first kappa shape index (κ1) is 18.3. The molecule has 1 N–H and O–H groups in total. The topological polar surface area (TPSA) is 12.0 Å². The lowest BCUT2D eigenvalue weighted by molar-refractivity contribution is 0.711. The van der Waals surface area contributed by atoms with E-state index in [4.69, 9.17) is 11.6 Å². The summed E-state index contributed by atoms with van der Waals surface area (Å²) in [6, 6.07) is 37.7. The van der Waals surface area contributed by atoms with Gasteiger partial charge in [0.2, 0.25) is 0 Å². The third-order valence-electron chi connectivity index (χ3n) is 5.14. The fourth-order valence-electron chi connectivity index (χ4n) is 3.71. The van der Waals surface area contributed by atoms with Crippen molar-refractivity contribution in [2.24, 2.45) is 0 Å². The SMILES string of the molecule is Cc1ccc(Cl)cc1NC(c1ccccc1)(c1ccccc1)c1ccccc1. The van der Waals surface area contributed by atoms with Gasteiger partial charge in [0, 0.05) is 10.7 Å². The van der Waals surface area contributed by atoms with E-state index in [1.165, 1.54) is 16.7 Å². The van der Waals surface area contributed by atoms with E-state index in [1.807, 2.05) is 12.1 Å². The molecule has 0 aliphatic carbocycles. The standard InChI is InChI=1S/C26H22ClN/c1-20-17-18-24(27)19-25(20)28-26(21-11-5-2-6-12-21,22-13-7-3-8-14-22)23-15-9-4-10-16-23/h2-19,28H,1H3. The van der Waals surface area contributed by atoms with Crippen LogP contribution in [0.5, 0.6) is 0 Å². The van der Waals surface area contributed by atoms with E-state index in [-0.39, 0.29) is 0 Å². The van der Waals surface area contributed by atoms with E-state index in [9.17, 15) is 0 Å². The van der Waals surface area contributed by atoms with Crippen LogP contribution in [0.3, 0.4) is 0 Å². The van der Waals surface area contributed by atoms with Gasteiger partial charge in [-0.2, -0.15) is 0 Å². The second-order valence-corrected chi connectivity index (χ2v) is 7.37. The van der Waals surface area contributed by atoms with Gasteiger partial charge in [-0.15, -0.1) is 0 Å². The Kier molecular flexibility index (Phi) is 5.18. The van der Waals surface area contributed by atoms with E-state index in [2.05, 4.69) is 109 Å². The Morgan fingerprint density at radius 1 is 0.607 bits per heavy atom. The highest BCUT2D eigenvalue weighted by atomic mass is 35.5. The Bertz CT molecular complexity index is 947. The van der Waals surface area contributed by atoms with E-state index < -0.39 is 5.54 Å². The monoisotopic (exact) mass is 383 g/mol. The summed E-state index contributed by atoms with van der Waals surface area (Å²) in [5.74, 6) is 0. The summed E-state index contributed by atoms with van der Waals surface area (Å²) in [4.78, 5) is 0. The number of hydrogen-bond acceptors (Lipinski definition) is 1. The predicted molar refractivity (Wildman–Crippen MR) is 119 cm³/mol. The molecule has 138 valence electrons. The smallest absolute Gasteiger partial charge is 0.114 e. The summed E-state index contributed by atoms with van der Waals surface area (Å²) in [6.07, 6.45) is 0. The Balaban J connectivity index is 2.02. The van der Waals surface area contributed by atoms with Crippen molar-refractivity contribution in [3.05, 3.63) is 136 Å². The van der Waals surface area contributed by atoms with Gasteiger partial charge in [-0.3, -0.25) is 0 Å². The lowest BCUT2D eigenvalue weighted by Gasteiger charge is -2.38. The van der Waals surface area contributed by atoms with Crippen LogP contribution < -0.4 is 5.32 Å². The number of halogens is 1. The third kappa shape index (κ3) is 3.42. The number of nitrogens with one attached hydrogen (secondary N) is 1. The van der Waals surface area contributed by atoms with Crippen LogP contribution in [-0.4, -0.2) is 0 Å². The summed E-state index contributed by atoms with van der Waals surface area (Å²) in [7, 11) is 0. The van der Waals surface area contributed by atoms with Crippen LogP contribution in [0.15, 0.2) is 109 Å². The van der Waals surface area contributed by atoms with Gasteiger partial charge in [-0.1, -0.05) is 109 Å². The fourth-order valence-corrected chi connectivity index (χ4v) is 3.88. The van der Waals surface area contributed by atoms with E-state index >= 15 is 0 Å². The Hall–Kier alpha value is -3.03. The highest BCUT2D eigenvalue weighted by molar-refractivity contribution is 6.30. The highest BCUT2D eigenvalue weighted by Gasteiger charge is 2.36. The van der Waals surface area contributed by atoms with Crippen molar-refractivity contribution in [2.45, 2.75) is 12.5 Å². The number of benzene rings is 4. The van der Waals surface area contributed by atoms with Crippen LogP contribution in [-0.2, 0) is 5.54 Å².